The lowest BCUT2D eigenvalue weighted by Gasteiger charge is -2.37. The van der Waals surface area contributed by atoms with E-state index in [1.54, 1.807) is 0 Å². The van der Waals surface area contributed by atoms with Crippen LogP contribution >= 0.6 is 0 Å². The number of morpholine rings is 1. The number of ether oxygens (including phenoxy) is 1. The zero-order valence-electron chi connectivity index (χ0n) is 13.9. The summed E-state index contributed by atoms with van der Waals surface area (Å²) in [6, 6.07) is 0.353. The predicted octanol–water partition coefficient (Wildman–Crippen LogP) is 3.27. The van der Waals surface area contributed by atoms with Gasteiger partial charge in [0.1, 0.15) is 0 Å². The highest BCUT2D eigenvalue weighted by atomic mass is 16.5. The predicted molar refractivity (Wildman–Crippen MR) is 85.3 cm³/mol. The van der Waals surface area contributed by atoms with Crippen molar-refractivity contribution in [3.8, 4) is 0 Å². The number of carbonyl (C=O) groups is 1. The first-order valence-electron chi connectivity index (χ1n) is 8.68. The van der Waals surface area contributed by atoms with Gasteiger partial charge in [-0.3, -0.25) is 0 Å². The summed E-state index contributed by atoms with van der Waals surface area (Å²) in [6.07, 6.45) is 6.22. The Kier molecular flexibility index (Phi) is 6.34. The molecule has 0 aromatic carbocycles. The molecule has 1 heterocycles. The van der Waals surface area contributed by atoms with Crippen molar-refractivity contribution in [2.45, 2.75) is 58.9 Å². The molecule has 1 saturated heterocycles. The van der Waals surface area contributed by atoms with Gasteiger partial charge in [0.2, 0.25) is 0 Å². The summed E-state index contributed by atoms with van der Waals surface area (Å²) in [4.78, 5) is 14.5. The SMILES string of the molecule is CC(C)C[C@@H]1COCCN1C(=O)NC[C@@H]1CCC[C@@H](C)C1. The Labute approximate surface area is 129 Å². The minimum Gasteiger partial charge on any atom is -0.377 e. The molecule has 0 aromatic heterocycles. The first kappa shape index (κ1) is 16.6. The molecule has 0 unspecified atom stereocenters. The molecule has 4 nitrogen and oxygen atoms in total. The third-order valence-corrected chi connectivity index (χ3v) is 4.82. The molecule has 4 heteroatoms. The minimum atomic E-state index is 0.113. The van der Waals surface area contributed by atoms with Crippen molar-refractivity contribution in [2.75, 3.05) is 26.3 Å². The largest absolute Gasteiger partial charge is 0.377 e. The van der Waals surface area contributed by atoms with Crippen molar-refractivity contribution in [1.29, 1.82) is 0 Å². The van der Waals surface area contributed by atoms with E-state index in [1.165, 1.54) is 25.7 Å². The van der Waals surface area contributed by atoms with Crippen molar-refractivity contribution in [2.24, 2.45) is 17.8 Å². The van der Waals surface area contributed by atoms with E-state index in [2.05, 4.69) is 26.1 Å². The second kappa shape index (κ2) is 8.02. The molecule has 3 atom stereocenters. The highest BCUT2D eigenvalue weighted by Gasteiger charge is 2.28. The van der Waals surface area contributed by atoms with Crippen molar-refractivity contribution in [1.82, 2.24) is 10.2 Å². The van der Waals surface area contributed by atoms with Crippen LogP contribution in [0.5, 0.6) is 0 Å². The Balaban J connectivity index is 1.80. The maximum Gasteiger partial charge on any atom is 0.317 e. The van der Waals surface area contributed by atoms with Gasteiger partial charge in [0.15, 0.2) is 0 Å². The molecule has 21 heavy (non-hydrogen) atoms. The lowest BCUT2D eigenvalue weighted by Crippen LogP contribution is -2.53. The monoisotopic (exact) mass is 296 g/mol. The number of rotatable bonds is 4. The van der Waals surface area contributed by atoms with Gasteiger partial charge in [0.05, 0.1) is 19.3 Å². The summed E-state index contributed by atoms with van der Waals surface area (Å²) in [5, 5.41) is 3.18. The molecule has 1 N–H and O–H groups in total. The quantitative estimate of drug-likeness (QED) is 0.865. The van der Waals surface area contributed by atoms with Crippen LogP contribution in [0.25, 0.3) is 0 Å². The molecule has 2 amide bonds. The fraction of sp³-hybridized carbons (Fsp3) is 0.941. The van der Waals surface area contributed by atoms with E-state index in [1.807, 2.05) is 4.90 Å². The minimum absolute atomic E-state index is 0.113. The van der Waals surface area contributed by atoms with Crippen LogP contribution in [0.2, 0.25) is 0 Å². The Hall–Kier alpha value is -0.770. The van der Waals surface area contributed by atoms with Crippen LogP contribution in [0.1, 0.15) is 52.9 Å². The van der Waals surface area contributed by atoms with Gasteiger partial charge >= 0.3 is 6.03 Å². The van der Waals surface area contributed by atoms with E-state index in [4.69, 9.17) is 4.74 Å². The second-order valence-corrected chi connectivity index (χ2v) is 7.38. The summed E-state index contributed by atoms with van der Waals surface area (Å²) in [6.45, 7) is 9.66. The van der Waals surface area contributed by atoms with Gasteiger partial charge in [-0.2, -0.15) is 0 Å². The molecular weight excluding hydrogens is 264 g/mol. The molecule has 0 aromatic rings. The third-order valence-electron chi connectivity index (χ3n) is 4.82. The van der Waals surface area contributed by atoms with E-state index < -0.39 is 0 Å². The van der Waals surface area contributed by atoms with Gasteiger partial charge in [-0.1, -0.05) is 33.6 Å². The molecule has 0 spiro atoms. The van der Waals surface area contributed by atoms with Gasteiger partial charge in [0.25, 0.3) is 0 Å². The topological polar surface area (TPSA) is 41.6 Å². The summed E-state index contributed by atoms with van der Waals surface area (Å²) >= 11 is 0. The molecule has 2 rings (SSSR count). The van der Waals surface area contributed by atoms with Crippen molar-refractivity contribution in [3.63, 3.8) is 0 Å². The molecule has 2 aliphatic rings. The molecular formula is C17H32N2O2. The maximum atomic E-state index is 12.5. The summed E-state index contributed by atoms with van der Waals surface area (Å²) in [7, 11) is 0. The molecule has 1 aliphatic heterocycles. The van der Waals surface area contributed by atoms with Crippen molar-refractivity contribution >= 4 is 6.03 Å². The zero-order chi connectivity index (χ0) is 15.2. The van der Waals surface area contributed by atoms with E-state index in [-0.39, 0.29) is 12.1 Å². The molecule has 1 saturated carbocycles. The highest BCUT2D eigenvalue weighted by molar-refractivity contribution is 5.74. The van der Waals surface area contributed by atoms with E-state index in [0.29, 0.717) is 25.0 Å². The number of urea groups is 1. The average Bonchev–Trinajstić information content (AvgIpc) is 2.45. The highest BCUT2D eigenvalue weighted by Crippen LogP contribution is 2.28. The average molecular weight is 296 g/mol. The van der Waals surface area contributed by atoms with Crippen LogP contribution in [0.15, 0.2) is 0 Å². The van der Waals surface area contributed by atoms with Crippen LogP contribution in [-0.4, -0.2) is 43.3 Å². The Morgan fingerprint density at radius 3 is 2.90 bits per heavy atom. The molecule has 1 aliphatic carbocycles. The van der Waals surface area contributed by atoms with E-state index in [0.717, 1.165) is 25.4 Å². The standard InChI is InChI=1S/C17H32N2O2/c1-13(2)9-16-12-21-8-7-19(16)17(20)18-11-15-6-4-5-14(3)10-15/h13-16H,4-12H2,1-3H3,(H,18,20)/t14-,15-,16-/m1/s1. The lowest BCUT2D eigenvalue weighted by atomic mass is 9.82. The number of hydrogen-bond donors (Lipinski definition) is 1. The summed E-state index contributed by atoms with van der Waals surface area (Å²) in [5.41, 5.74) is 0. The van der Waals surface area contributed by atoms with Crippen LogP contribution in [-0.2, 0) is 4.74 Å². The Morgan fingerprint density at radius 2 is 2.19 bits per heavy atom. The Bertz CT molecular complexity index is 333. The first-order chi connectivity index (χ1) is 10.1. The number of nitrogens with zero attached hydrogens (tertiary/aromatic N) is 1. The van der Waals surface area contributed by atoms with Crippen molar-refractivity contribution in [3.05, 3.63) is 0 Å². The smallest absolute Gasteiger partial charge is 0.317 e. The van der Waals surface area contributed by atoms with Gasteiger partial charge < -0.3 is 15.0 Å². The molecule has 2 fully saturated rings. The fourth-order valence-corrected chi connectivity index (χ4v) is 3.74. The van der Waals surface area contributed by atoms with Gasteiger partial charge in [-0.05, 0) is 37.0 Å². The van der Waals surface area contributed by atoms with Gasteiger partial charge in [-0.15, -0.1) is 0 Å². The van der Waals surface area contributed by atoms with Crippen LogP contribution in [0.3, 0.4) is 0 Å². The number of amides is 2. The second-order valence-electron chi connectivity index (χ2n) is 7.38. The third kappa shape index (κ3) is 5.17. The van der Waals surface area contributed by atoms with Crippen molar-refractivity contribution < 1.29 is 9.53 Å². The zero-order valence-corrected chi connectivity index (χ0v) is 13.9. The lowest BCUT2D eigenvalue weighted by molar-refractivity contribution is 0.00530. The van der Waals surface area contributed by atoms with Gasteiger partial charge in [0, 0.05) is 13.1 Å². The molecule has 0 radical (unpaired) electrons. The van der Waals surface area contributed by atoms with E-state index >= 15 is 0 Å². The van der Waals surface area contributed by atoms with E-state index in [9.17, 15) is 4.79 Å². The van der Waals surface area contributed by atoms with Crippen LogP contribution in [0.4, 0.5) is 4.79 Å². The maximum absolute atomic E-state index is 12.5. The van der Waals surface area contributed by atoms with Crippen LogP contribution < -0.4 is 5.32 Å². The summed E-state index contributed by atoms with van der Waals surface area (Å²) < 4.78 is 5.55. The first-order valence-corrected chi connectivity index (χ1v) is 8.68. The summed E-state index contributed by atoms with van der Waals surface area (Å²) in [5.74, 6) is 2.08. The normalized spacial score (nSPS) is 30.5. The number of nitrogens with one attached hydrogen (secondary N) is 1. The molecule has 0 bridgehead atoms. The fourth-order valence-electron chi connectivity index (χ4n) is 3.74. The van der Waals surface area contributed by atoms with Crippen LogP contribution in [0, 0.1) is 17.8 Å². The molecule has 122 valence electrons. The van der Waals surface area contributed by atoms with Gasteiger partial charge in [-0.25, -0.2) is 4.79 Å². The number of carbonyl (C=O) groups excluding carboxylic acids is 1. The Morgan fingerprint density at radius 1 is 1.38 bits per heavy atom. The number of hydrogen-bond acceptors (Lipinski definition) is 2.